The Bertz CT molecular complexity index is 701. The Morgan fingerprint density at radius 2 is 1.94 bits per heavy atom. The monoisotopic (exact) mass is 247 g/mol. The second-order valence-corrected chi connectivity index (χ2v) is 3.49. The summed E-state index contributed by atoms with van der Waals surface area (Å²) in [5.74, 6) is -2.67. The first-order valence-electron chi connectivity index (χ1n) is 5.00. The molecule has 92 valence electrons. The number of nitrogens with two attached hydrogens (primary N) is 1. The zero-order valence-corrected chi connectivity index (χ0v) is 9.43. The second-order valence-electron chi connectivity index (χ2n) is 3.49. The van der Waals surface area contributed by atoms with Crippen molar-refractivity contribution in [3.8, 4) is 0 Å². The van der Waals surface area contributed by atoms with E-state index in [1.165, 1.54) is 6.07 Å². The molecule has 6 nitrogen and oxygen atoms in total. The average Bonchev–Trinajstić information content (AvgIpc) is 2.37. The van der Waals surface area contributed by atoms with E-state index in [4.69, 9.17) is 10.2 Å². The minimum Gasteiger partial charge on any atom is -0.463 e. The van der Waals surface area contributed by atoms with E-state index in [9.17, 15) is 14.4 Å². The Hall–Kier alpha value is -2.63. The van der Waals surface area contributed by atoms with Crippen molar-refractivity contribution < 1.29 is 18.7 Å². The first kappa shape index (κ1) is 11.8. The molecule has 2 N–H and O–H groups in total. The van der Waals surface area contributed by atoms with E-state index in [0.29, 0.717) is 0 Å². The number of anilines is 1. The highest BCUT2D eigenvalue weighted by molar-refractivity contribution is 6.41. The van der Waals surface area contributed by atoms with Crippen LogP contribution in [0.2, 0.25) is 0 Å². The molecule has 1 aromatic heterocycles. The van der Waals surface area contributed by atoms with E-state index < -0.39 is 28.6 Å². The minimum atomic E-state index is -1.16. The Labute approximate surface area is 101 Å². The molecule has 2 aromatic rings. The molecule has 0 atom stereocenters. The summed E-state index contributed by atoms with van der Waals surface area (Å²) in [5.41, 5.74) is 4.59. The third-order valence-electron chi connectivity index (χ3n) is 2.42. The van der Waals surface area contributed by atoms with Crippen LogP contribution in [0.15, 0.2) is 33.5 Å². The molecule has 6 heteroatoms. The molecule has 0 aliphatic rings. The fourth-order valence-electron chi connectivity index (χ4n) is 1.57. The molecular formula is C12H9NO5. The highest BCUT2D eigenvalue weighted by Crippen LogP contribution is 2.17. The van der Waals surface area contributed by atoms with Crippen molar-refractivity contribution in [2.75, 3.05) is 12.8 Å². The first-order chi connectivity index (χ1) is 8.56. The zero-order valence-electron chi connectivity index (χ0n) is 9.43. The third kappa shape index (κ3) is 1.73. The number of hydrogen-bond donors (Lipinski definition) is 1. The second kappa shape index (κ2) is 4.33. The summed E-state index contributed by atoms with van der Waals surface area (Å²) in [5, 5.41) is 0.180. The topological polar surface area (TPSA) is 99.6 Å². The zero-order chi connectivity index (χ0) is 13.3. The minimum absolute atomic E-state index is 0.180. The standard InChI is InChI=1S/C12H9NO5/c1-17-12(16)10(15)8-9(14)6-4-2-3-5-7(6)18-11(8)13/h2-5H,13H2,1H3. The number of Topliss-reactive ketones (excluding diaryl/α,β-unsaturated/α-hetero) is 1. The predicted molar refractivity (Wildman–Crippen MR) is 63.2 cm³/mol. The van der Waals surface area contributed by atoms with E-state index in [2.05, 4.69) is 4.74 Å². The Kier molecular flexibility index (Phi) is 2.85. The van der Waals surface area contributed by atoms with E-state index in [1.54, 1.807) is 18.2 Å². The van der Waals surface area contributed by atoms with Gasteiger partial charge < -0.3 is 14.9 Å². The maximum atomic E-state index is 12.0. The van der Waals surface area contributed by atoms with Crippen molar-refractivity contribution in [2.45, 2.75) is 0 Å². The van der Waals surface area contributed by atoms with Crippen LogP contribution in [-0.2, 0) is 9.53 Å². The molecule has 0 aliphatic heterocycles. The van der Waals surface area contributed by atoms with Crippen LogP contribution in [0, 0.1) is 0 Å². The van der Waals surface area contributed by atoms with Crippen molar-refractivity contribution >= 4 is 28.6 Å². The van der Waals surface area contributed by atoms with Gasteiger partial charge in [-0.2, -0.15) is 0 Å². The lowest BCUT2D eigenvalue weighted by atomic mass is 10.1. The quantitative estimate of drug-likeness (QED) is 0.477. The number of ether oxygens (including phenoxy) is 1. The predicted octanol–water partition coefficient (Wildman–Crippen LogP) is 0.731. The van der Waals surface area contributed by atoms with Gasteiger partial charge in [-0.25, -0.2) is 4.79 Å². The van der Waals surface area contributed by atoms with Gasteiger partial charge in [0.15, 0.2) is 0 Å². The summed E-state index contributed by atoms with van der Waals surface area (Å²) in [6, 6.07) is 6.29. The van der Waals surface area contributed by atoms with Gasteiger partial charge in [-0.1, -0.05) is 12.1 Å². The normalized spacial score (nSPS) is 10.3. The van der Waals surface area contributed by atoms with E-state index in [0.717, 1.165) is 7.11 Å². The summed E-state index contributed by atoms with van der Waals surface area (Å²) in [6.45, 7) is 0. The molecule has 0 bridgehead atoms. The SMILES string of the molecule is COC(=O)C(=O)c1c(N)oc2ccccc2c1=O. The number of methoxy groups -OCH3 is 1. The van der Waals surface area contributed by atoms with E-state index >= 15 is 0 Å². The van der Waals surface area contributed by atoms with Crippen LogP contribution in [0.4, 0.5) is 5.88 Å². The number of esters is 1. The molecule has 1 aromatic carbocycles. The number of hydrogen-bond acceptors (Lipinski definition) is 6. The fraction of sp³-hybridized carbons (Fsp3) is 0.0833. The van der Waals surface area contributed by atoms with Gasteiger partial charge in [0.05, 0.1) is 12.5 Å². The van der Waals surface area contributed by atoms with Crippen LogP contribution >= 0.6 is 0 Å². The molecular weight excluding hydrogens is 238 g/mol. The number of rotatable bonds is 2. The summed E-state index contributed by atoms with van der Waals surface area (Å²) < 4.78 is 9.40. The van der Waals surface area contributed by atoms with Crippen LogP contribution in [0.25, 0.3) is 11.0 Å². The number of fused-ring (bicyclic) bond motifs is 1. The van der Waals surface area contributed by atoms with Gasteiger partial charge in [0, 0.05) is 0 Å². The molecule has 2 rings (SSSR count). The summed E-state index contributed by atoms with van der Waals surface area (Å²) >= 11 is 0. The lowest BCUT2D eigenvalue weighted by molar-refractivity contribution is -0.135. The maximum absolute atomic E-state index is 12.0. The molecule has 0 amide bonds. The number of ketones is 1. The highest BCUT2D eigenvalue weighted by Gasteiger charge is 2.25. The van der Waals surface area contributed by atoms with Crippen LogP contribution in [0.5, 0.6) is 0 Å². The molecule has 18 heavy (non-hydrogen) atoms. The van der Waals surface area contributed by atoms with Crippen molar-refractivity contribution in [3.05, 3.63) is 40.1 Å². The van der Waals surface area contributed by atoms with Gasteiger partial charge in [0.2, 0.25) is 11.3 Å². The van der Waals surface area contributed by atoms with E-state index in [-0.39, 0.29) is 11.0 Å². The van der Waals surface area contributed by atoms with Crippen LogP contribution in [0.1, 0.15) is 10.4 Å². The molecule has 0 spiro atoms. The fourth-order valence-corrected chi connectivity index (χ4v) is 1.57. The third-order valence-corrected chi connectivity index (χ3v) is 2.42. The lowest BCUT2D eigenvalue weighted by Crippen LogP contribution is -2.25. The summed E-state index contributed by atoms with van der Waals surface area (Å²) in [7, 11) is 1.04. The van der Waals surface area contributed by atoms with Gasteiger partial charge in [-0.15, -0.1) is 0 Å². The van der Waals surface area contributed by atoms with Gasteiger partial charge in [-0.3, -0.25) is 9.59 Å². The Morgan fingerprint density at radius 1 is 1.28 bits per heavy atom. The molecule has 0 aliphatic carbocycles. The average molecular weight is 247 g/mol. The van der Waals surface area contributed by atoms with Gasteiger partial charge in [0.1, 0.15) is 11.1 Å². The number of carbonyl (C=O) groups is 2. The van der Waals surface area contributed by atoms with Crippen LogP contribution < -0.4 is 11.2 Å². The number of para-hydroxylation sites is 1. The van der Waals surface area contributed by atoms with Gasteiger partial charge in [-0.05, 0) is 12.1 Å². The van der Waals surface area contributed by atoms with Gasteiger partial charge in [0.25, 0.3) is 5.78 Å². The number of carbonyl (C=O) groups excluding carboxylic acids is 2. The molecule has 0 saturated heterocycles. The number of nitrogen functional groups attached to an aromatic ring is 1. The lowest BCUT2D eigenvalue weighted by Gasteiger charge is -2.04. The molecule has 0 fully saturated rings. The summed E-state index contributed by atoms with van der Waals surface area (Å²) in [4.78, 5) is 34.8. The molecule has 0 saturated carbocycles. The molecule has 0 unspecified atom stereocenters. The molecule has 0 radical (unpaired) electrons. The smallest absolute Gasteiger partial charge is 0.379 e. The summed E-state index contributed by atoms with van der Waals surface area (Å²) in [6.07, 6.45) is 0. The first-order valence-corrected chi connectivity index (χ1v) is 5.00. The Morgan fingerprint density at radius 3 is 2.61 bits per heavy atom. The maximum Gasteiger partial charge on any atom is 0.379 e. The van der Waals surface area contributed by atoms with Crippen molar-refractivity contribution in [2.24, 2.45) is 0 Å². The highest BCUT2D eigenvalue weighted by atomic mass is 16.5. The Balaban J connectivity index is 2.76. The van der Waals surface area contributed by atoms with Crippen LogP contribution in [0.3, 0.4) is 0 Å². The van der Waals surface area contributed by atoms with Crippen molar-refractivity contribution in [1.82, 2.24) is 0 Å². The van der Waals surface area contributed by atoms with Crippen molar-refractivity contribution in [3.63, 3.8) is 0 Å². The largest absolute Gasteiger partial charge is 0.463 e. The van der Waals surface area contributed by atoms with Crippen LogP contribution in [-0.4, -0.2) is 18.9 Å². The number of benzene rings is 1. The molecule has 1 heterocycles. The van der Waals surface area contributed by atoms with Crippen molar-refractivity contribution in [1.29, 1.82) is 0 Å². The van der Waals surface area contributed by atoms with E-state index in [1.807, 2.05) is 0 Å². The van der Waals surface area contributed by atoms with Gasteiger partial charge >= 0.3 is 5.97 Å².